The zero-order valence-electron chi connectivity index (χ0n) is 14.5. The Morgan fingerprint density at radius 3 is 2.44 bits per heavy atom. The van der Waals surface area contributed by atoms with E-state index in [1.807, 2.05) is 36.5 Å². The lowest BCUT2D eigenvalue weighted by molar-refractivity contribution is -0.384. The van der Waals surface area contributed by atoms with Gasteiger partial charge in [0.25, 0.3) is 5.69 Å². The van der Waals surface area contributed by atoms with Gasteiger partial charge in [0.05, 0.1) is 22.1 Å². The number of aromatic nitrogens is 2. The van der Waals surface area contributed by atoms with E-state index in [1.54, 1.807) is 40.5 Å². The fraction of sp³-hybridized carbons (Fsp3) is 0.158. The molecule has 1 atom stereocenters. The Balaban J connectivity index is 1.82. The highest BCUT2D eigenvalue weighted by Gasteiger charge is 2.33. The molecular formula is C19H16N4O3S. The lowest BCUT2D eigenvalue weighted by atomic mass is 10.1. The summed E-state index contributed by atoms with van der Waals surface area (Å²) < 4.78 is 1.78. The molecule has 0 spiro atoms. The van der Waals surface area contributed by atoms with E-state index < -0.39 is 4.92 Å². The van der Waals surface area contributed by atoms with E-state index in [9.17, 15) is 14.9 Å². The second-order valence-electron chi connectivity index (χ2n) is 6.19. The molecule has 0 aliphatic carbocycles. The fourth-order valence-electron chi connectivity index (χ4n) is 3.04. The predicted octanol–water partition coefficient (Wildman–Crippen LogP) is 3.65. The normalized spacial score (nSPS) is 16.7. The monoisotopic (exact) mass is 380 g/mol. The third-order valence-electron chi connectivity index (χ3n) is 4.49. The van der Waals surface area contributed by atoms with Gasteiger partial charge in [0.2, 0.25) is 5.91 Å². The van der Waals surface area contributed by atoms with Crippen LogP contribution in [0.15, 0.2) is 60.8 Å². The van der Waals surface area contributed by atoms with Crippen molar-refractivity contribution in [1.82, 2.24) is 14.7 Å². The van der Waals surface area contributed by atoms with E-state index in [-0.39, 0.29) is 17.0 Å². The lowest BCUT2D eigenvalue weighted by Crippen LogP contribution is -2.23. The zero-order chi connectivity index (χ0) is 19.0. The van der Waals surface area contributed by atoms with E-state index in [2.05, 4.69) is 0 Å². The molecule has 3 aromatic rings. The number of hydrogen-bond donors (Lipinski definition) is 0. The Morgan fingerprint density at radius 2 is 1.85 bits per heavy atom. The number of carbonyl (C=O) groups is 1. The standard InChI is InChI=1S/C19H16N4O3S/c1-21-17(24)12-27-19(21)16-11-22(14-5-3-2-4-6-14)20-18(16)13-7-9-15(10-8-13)23(25)26/h2-11,19H,12H2,1H3/t19-/m0/s1. The Morgan fingerprint density at radius 1 is 1.15 bits per heavy atom. The smallest absolute Gasteiger partial charge is 0.269 e. The Labute approximate surface area is 159 Å². The van der Waals surface area contributed by atoms with Crippen LogP contribution in [0.2, 0.25) is 0 Å². The Kier molecular flexibility index (Phi) is 4.41. The largest absolute Gasteiger partial charge is 0.329 e. The van der Waals surface area contributed by atoms with Crippen LogP contribution in [0, 0.1) is 10.1 Å². The average Bonchev–Trinajstić information content (AvgIpc) is 3.27. The molecule has 27 heavy (non-hydrogen) atoms. The lowest BCUT2D eigenvalue weighted by Gasteiger charge is -2.18. The summed E-state index contributed by atoms with van der Waals surface area (Å²) in [6, 6.07) is 16.0. The summed E-state index contributed by atoms with van der Waals surface area (Å²) in [5.74, 6) is 0.504. The molecule has 0 unspecified atom stereocenters. The van der Waals surface area contributed by atoms with Crippen LogP contribution in [-0.4, -0.2) is 38.3 Å². The van der Waals surface area contributed by atoms with Gasteiger partial charge in [-0.2, -0.15) is 5.10 Å². The third-order valence-corrected chi connectivity index (χ3v) is 5.79. The zero-order valence-corrected chi connectivity index (χ0v) is 15.3. The van der Waals surface area contributed by atoms with Crippen LogP contribution in [0.3, 0.4) is 0 Å². The highest BCUT2D eigenvalue weighted by molar-refractivity contribution is 8.00. The summed E-state index contributed by atoms with van der Waals surface area (Å²) in [5, 5.41) is 15.5. The Hall–Kier alpha value is -3.13. The molecule has 136 valence electrons. The molecule has 2 aromatic carbocycles. The first-order chi connectivity index (χ1) is 13.0. The summed E-state index contributed by atoms with van der Waals surface area (Å²) >= 11 is 1.55. The summed E-state index contributed by atoms with van der Waals surface area (Å²) in [4.78, 5) is 24.2. The van der Waals surface area contributed by atoms with Crippen LogP contribution >= 0.6 is 11.8 Å². The summed E-state index contributed by atoms with van der Waals surface area (Å²) in [6.45, 7) is 0. The van der Waals surface area contributed by atoms with Gasteiger partial charge in [0, 0.05) is 36.5 Å². The SMILES string of the molecule is CN1C(=O)CS[C@H]1c1cn(-c2ccccc2)nc1-c1ccc([N+](=O)[O-])cc1. The average molecular weight is 380 g/mol. The van der Waals surface area contributed by atoms with Gasteiger partial charge in [-0.05, 0) is 24.3 Å². The number of rotatable bonds is 4. The highest BCUT2D eigenvalue weighted by Crippen LogP contribution is 2.41. The van der Waals surface area contributed by atoms with E-state index in [4.69, 9.17) is 5.10 Å². The third kappa shape index (κ3) is 3.19. The number of non-ortho nitro benzene ring substituents is 1. The molecule has 1 aliphatic heterocycles. The summed E-state index contributed by atoms with van der Waals surface area (Å²) in [7, 11) is 1.78. The van der Waals surface area contributed by atoms with Crippen molar-refractivity contribution in [1.29, 1.82) is 0 Å². The van der Waals surface area contributed by atoms with Crippen molar-refractivity contribution in [3.63, 3.8) is 0 Å². The van der Waals surface area contributed by atoms with Gasteiger partial charge >= 0.3 is 0 Å². The quantitative estimate of drug-likeness (QED) is 0.510. The fourth-order valence-corrected chi connectivity index (χ4v) is 4.24. The highest BCUT2D eigenvalue weighted by atomic mass is 32.2. The molecule has 4 rings (SSSR count). The second-order valence-corrected chi connectivity index (χ2v) is 7.25. The van der Waals surface area contributed by atoms with Crippen molar-refractivity contribution in [2.75, 3.05) is 12.8 Å². The minimum absolute atomic E-state index is 0.0327. The van der Waals surface area contributed by atoms with Crippen LogP contribution < -0.4 is 0 Å². The number of nitro benzene ring substituents is 1. The molecule has 0 bridgehead atoms. The minimum atomic E-state index is -0.424. The maximum absolute atomic E-state index is 12.0. The molecule has 0 saturated carbocycles. The first kappa shape index (κ1) is 17.3. The number of nitro groups is 1. The van der Waals surface area contributed by atoms with Crippen LogP contribution in [0.5, 0.6) is 0 Å². The van der Waals surface area contributed by atoms with Crippen LogP contribution in [0.25, 0.3) is 16.9 Å². The maximum Gasteiger partial charge on any atom is 0.269 e. The van der Waals surface area contributed by atoms with E-state index >= 15 is 0 Å². The number of amides is 1. The van der Waals surface area contributed by atoms with E-state index in [1.165, 1.54) is 12.1 Å². The number of benzene rings is 2. The topological polar surface area (TPSA) is 81.3 Å². The molecule has 0 radical (unpaired) electrons. The van der Waals surface area contributed by atoms with Crippen LogP contribution in [0.4, 0.5) is 5.69 Å². The van der Waals surface area contributed by atoms with Gasteiger partial charge in [-0.1, -0.05) is 18.2 Å². The predicted molar refractivity (Wildman–Crippen MR) is 104 cm³/mol. The molecule has 1 aromatic heterocycles. The molecule has 1 aliphatic rings. The molecule has 1 saturated heterocycles. The summed E-state index contributed by atoms with van der Waals surface area (Å²) in [6.07, 6.45) is 1.93. The molecule has 1 fully saturated rings. The van der Waals surface area contributed by atoms with Crippen LogP contribution in [-0.2, 0) is 4.79 Å². The van der Waals surface area contributed by atoms with Crippen molar-refractivity contribution >= 4 is 23.4 Å². The van der Waals surface area contributed by atoms with Crippen molar-refractivity contribution in [2.45, 2.75) is 5.37 Å². The number of thioether (sulfide) groups is 1. The van der Waals surface area contributed by atoms with Crippen molar-refractivity contribution < 1.29 is 9.72 Å². The van der Waals surface area contributed by atoms with Crippen molar-refractivity contribution in [2.24, 2.45) is 0 Å². The molecule has 7 nitrogen and oxygen atoms in total. The number of nitrogens with zero attached hydrogens (tertiary/aromatic N) is 4. The number of carbonyl (C=O) groups excluding carboxylic acids is 1. The van der Waals surface area contributed by atoms with Gasteiger partial charge in [0.1, 0.15) is 5.37 Å². The molecule has 8 heteroatoms. The minimum Gasteiger partial charge on any atom is -0.329 e. The van der Waals surface area contributed by atoms with Gasteiger partial charge < -0.3 is 4.90 Å². The van der Waals surface area contributed by atoms with E-state index in [0.717, 1.165) is 16.8 Å². The molecule has 0 N–H and O–H groups in total. The van der Waals surface area contributed by atoms with Crippen LogP contribution in [0.1, 0.15) is 10.9 Å². The maximum atomic E-state index is 12.0. The van der Waals surface area contributed by atoms with Gasteiger partial charge in [-0.25, -0.2) is 4.68 Å². The molecule has 2 heterocycles. The first-order valence-corrected chi connectivity index (χ1v) is 9.36. The van der Waals surface area contributed by atoms with Gasteiger partial charge in [-0.15, -0.1) is 11.8 Å². The molecule has 1 amide bonds. The number of para-hydroxylation sites is 1. The molecular weight excluding hydrogens is 364 g/mol. The second kappa shape index (κ2) is 6.88. The number of hydrogen-bond acceptors (Lipinski definition) is 5. The summed E-state index contributed by atoms with van der Waals surface area (Å²) in [5.41, 5.74) is 3.34. The van der Waals surface area contributed by atoms with Gasteiger partial charge in [-0.3, -0.25) is 14.9 Å². The first-order valence-electron chi connectivity index (χ1n) is 8.31. The Bertz CT molecular complexity index is 1000. The van der Waals surface area contributed by atoms with Crippen molar-refractivity contribution in [3.8, 4) is 16.9 Å². The van der Waals surface area contributed by atoms with E-state index in [0.29, 0.717) is 11.4 Å². The van der Waals surface area contributed by atoms with Gasteiger partial charge in [0.15, 0.2) is 0 Å². The van der Waals surface area contributed by atoms with Crippen molar-refractivity contribution in [3.05, 3.63) is 76.5 Å².